The summed E-state index contributed by atoms with van der Waals surface area (Å²) in [5, 5.41) is 11.3. The molecule has 36 heavy (non-hydrogen) atoms. The smallest absolute Gasteiger partial charge is 0.222 e. The van der Waals surface area contributed by atoms with Crippen LogP contribution in [0.5, 0.6) is 17.4 Å². The van der Waals surface area contributed by atoms with Crippen molar-refractivity contribution in [1.82, 2.24) is 19.9 Å². The van der Waals surface area contributed by atoms with Gasteiger partial charge >= 0.3 is 0 Å². The molecule has 192 valence electrons. The van der Waals surface area contributed by atoms with Crippen LogP contribution in [0.3, 0.4) is 0 Å². The van der Waals surface area contributed by atoms with Crippen molar-refractivity contribution in [3.8, 4) is 17.4 Å². The van der Waals surface area contributed by atoms with Gasteiger partial charge in [0, 0.05) is 45.9 Å². The molecule has 0 atom stereocenters. The number of H-pyrrole nitrogens is 1. The zero-order valence-corrected chi connectivity index (χ0v) is 21.2. The molecule has 0 spiro atoms. The van der Waals surface area contributed by atoms with Crippen LogP contribution in [0.1, 0.15) is 44.1 Å². The number of fused-ring (bicyclic) bond motifs is 2. The second kappa shape index (κ2) is 11.7. The van der Waals surface area contributed by atoms with E-state index in [0.717, 1.165) is 32.1 Å². The summed E-state index contributed by atoms with van der Waals surface area (Å²) in [6.07, 6.45) is 8.15. The molecule has 3 heterocycles. The number of rotatable bonds is 1. The number of carbonyl (C=O) groups is 1. The van der Waals surface area contributed by atoms with Crippen molar-refractivity contribution in [3.05, 3.63) is 30.1 Å². The number of aromatic amines is 1. The summed E-state index contributed by atoms with van der Waals surface area (Å²) >= 11 is 0. The molecule has 1 aliphatic rings. The summed E-state index contributed by atoms with van der Waals surface area (Å²) in [5.41, 5.74) is 1.69. The molecule has 0 radical (unpaired) electrons. The van der Waals surface area contributed by atoms with Crippen molar-refractivity contribution >= 4 is 34.7 Å². The van der Waals surface area contributed by atoms with Gasteiger partial charge in [0.25, 0.3) is 0 Å². The summed E-state index contributed by atoms with van der Waals surface area (Å²) < 4.78 is 11.4. The Bertz CT molecular complexity index is 1220. The Labute approximate surface area is 211 Å². The van der Waals surface area contributed by atoms with Crippen molar-refractivity contribution in [2.75, 3.05) is 45.8 Å². The van der Waals surface area contributed by atoms with Gasteiger partial charge in [0.1, 0.15) is 17.8 Å². The topological polar surface area (TPSA) is 116 Å². The highest BCUT2D eigenvalue weighted by molar-refractivity contribution is 6.06. The molecule has 0 fully saturated rings. The molecule has 0 unspecified atom stereocenters. The Hall–Kier alpha value is -3.82. The fourth-order valence-electron chi connectivity index (χ4n) is 4.31. The van der Waals surface area contributed by atoms with E-state index in [9.17, 15) is 9.90 Å². The van der Waals surface area contributed by atoms with E-state index in [1.807, 2.05) is 37.2 Å². The van der Waals surface area contributed by atoms with Crippen molar-refractivity contribution in [2.45, 2.75) is 38.5 Å². The third kappa shape index (κ3) is 5.87. The van der Waals surface area contributed by atoms with Crippen molar-refractivity contribution in [2.24, 2.45) is 4.99 Å². The molecule has 3 aromatic rings. The highest BCUT2D eigenvalue weighted by Gasteiger charge is 2.18. The lowest BCUT2D eigenvalue weighted by Crippen LogP contribution is -2.30. The number of benzene rings is 1. The number of hydrogen-bond donors (Lipinski definition) is 2. The van der Waals surface area contributed by atoms with Crippen molar-refractivity contribution < 1.29 is 19.4 Å². The molecule has 2 aromatic heterocycles. The number of carbonyl (C=O) groups excluding carboxylic acids is 1. The number of nitrogens with zero attached hydrogens (tertiary/aromatic N) is 5. The van der Waals surface area contributed by atoms with Crippen LogP contribution in [0.15, 0.2) is 29.5 Å². The van der Waals surface area contributed by atoms with Gasteiger partial charge in [-0.1, -0.05) is 12.8 Å². The Balaban J connectivity index is 1.67. The number of methoxy groups -OCH3 is 1. The van der Waals surface area contributed by atoms with E-state index in [1.54, 1.807) is 18.2 Å². The molecule has 0 saturated carbocycles. The molecule has 2 bridgehead atoms. The predicted octanol–water partition coefficient (Wildman–Crippen LogP) is 4.05. The average molecular weight is 495 g/mol. The van der Waals surface area contributed by atoms with E-state index < -0.39 is 0 Å². The van der Waals surface area contributed by atoms with Gasteiger partial charge in [0.05, 0.1) is 30.4 Å². The lowest BCUT2D eigenvalue weighted by Gasteiger charge is -2.22. The van der Waals surface area contributed by atoms with Crippen LogP contribution < -0.4 is 14.4 Å². The third-order valence-corrected chi connectivity index (χ3v) is 6.40. The minimum atomic E-state index is -0.0300. The minimum Gasteiger partial charge on any atom is -0.494 e. The fraction of sp³-hybridized carbons (Fsp3) is 0.462. The minimum absolute atomic E-state index is 0.0300. The van der Waals surface area contributed by atoms with Crippen molar-refractivity contribution in [3.63, 3.8) is 0 Å². The maximum Gasteiger partial charge on any atom is 0.222 e. The predicted molar refractivity (Wildman–Crippen MR) is 140 cm³/mol. The number of nitrogens with one attached hydrogen (secondary N) is 1. The lowest BCUT2D eigenvalue weighted by molar-refractivity contribution is -0.130. The monoisotopic (exact) mass is 494 g/mol. The highest BCUT2D eigenvalue weighted by Crippen LogP contribution is 2.34. The Kier molecular flexibility index (Phi) is 8.24. The van der Waals surface area contributed by atoms with Gasteiger partial charge in [0.15, 0.2) is 17.4 Å². The molecular formula is C26H34N6O4. The average Bonchev–Trinajstić information content (AvgIpc) is 3.20. The standard InChI is InChI=1S/C26H34N6O4/c1-31-12-8-13-32(2)25-23-19(26(34)30-24(23)28-17-29-25)16-27-18-10-11-20(35-3)21(15-18)36-14-7-5-4-6-9-22(31)33/h10-11,15-17,34H,4-9,12-14H2,1-3H3,(H,28,29,30). The first kappa shape index (κ1) is 25.3. The van der Waals surface area contributed by atoms with Crippen LogP contribution in [0, 0.1) is 0 Å². The number of anilines is 1. The SMILES string of the molecule is COc1ccc2cc1OCCCCCCC(=O)N(C)CCCN(C)c1ncnc3[nH]c(O)c(c13)C=N2. The molecule has 0 aliphatic carbocycles. The quantitative estimate of drug-likeness (QED) is 0.524. The largest absolute Gasteiger partial charge is 0.494 e. The molecule has 1 aromatic carbocycles. The van der Waals surface area contributed by atoms with Crippen LogP contribution in [0.25, 0.3) is 11.0 Å². The van der Waals surface area contributed by atoms with E-state index in [2.05, 4.69) is 19.9 Å². The lowest BCUT2D eigenvalue weighted by atomic mass is 10.1. The van der Waals surface area contributed by atoms with E-state index in [4.69, 9.17) is 9.47 Å². The first-order chi connectivity index (χ1) is 17.5. The molecule has 2 N–H and O–H groups in total. The van der Waals surface area contributed by atoms with Gasteiger partial charge in [-0.2, -0.15) is 0 Å². The van der Waals surface area contributed by atoms with Gasteiger partial charge in [-0.25, -0.2) is 9.97 Å². The number of aliphatic imine (C=N–C) groups is 1. The molecule has 1 amide bonds. The summed E-state index contributed by atoms with van der Waals surface area (Å²) in [5.74, 6) is 2.06. The summed E-state index contributed by atoms with van der Waals surface area (Å²) in [6, 6.07) is 5.47. The van der Waals surface area contributed by atoms with E-state index >= 15 is 0 Å². The molecular weight excluding hydrogens is 460 g/mol. The fourth-order valence-corrected chi connectivity index (χ4v) is 4.31. The number of hydrogen-bond acceptors (Lipinski definition) is 8. The maximum atomic E-state index is 12.5. The van der Waals surface area contributed by atoms with Gasteiger partial charge in [-0.05, 0) is 31.4 Å². The molecule has 0 saturated heterocycles. The first-order valence-corrected chi connectivity index (χ1v) is 12.3. The van der Waals surface area contributed by atoms with Crippen LogP contribution in [-0.2, 0) is 4.79 Å². The summed E-state index contributed by atoms with van der Waals surface area (Å²) in [6.45, 7) is 1.90. The number of aromatic hydroxyl groups is 1. The second-order valence-corrected chi connectivity index (χ2v) is 9.00. The zero-order chi connectivity index (χ0) is 25.5. The summed E-state index contributed by atoms with van der Waals surface area (Å²) in [4.78, 5) is 32.6. The number of ether oxygens (including phenoxy) is 2. The Morgan fingerprint density at radius 2 is 1.86 bits per heavy atom. The number of aromatic nitrogens is 3. The number of amides is 1. The molecule has 4 rings (SSSR count). The Morgan fingerprint density at radius 1 is 1.06 bits per heavy atom. The van der Waals surface area contributed by atoms with Crippen molar-refractivity contribution in [1.29, 1.82) is 0 Å². The zero-order valence-electron chi connectivity index (χ0n) is 21.2. The maximum absolute atomic E-state index is 12.5. The van der Waals surface area contributed by atoms with Gasteiger partial charge in [-0.15, -0.1) is 0 Å². The van der Waals surface area contributed by atoms with Gasteiger partial charge in [0.2, 0.25) is 5.91 Å². The highest BCUT2D eigenvalue weighted by atomic mass is 16.5. The third-order valence-electron chi connectivity index (χ3n) is 6.40. The van der Waals surface area contributed by atoms with Gasteiger partial charge in [-0.3, -0.25) is 9.79 Å². The van der Waals surface area contributed by atoms with Crippen LogP contribution >= 0.6 is 0 Å². The van der Waals surface area contributed by atoms with Crippen LogP contribution in [0.4, 0.5) is 11.5 Å². The van der Waals surface area contributed by atoms with Gasteiger partial charge < -0.3 is 29.4 Å². The summed E-state index contributed by atoms with van der Waals surface area (Å²) in [7, 11) is 5.40. The Morgan fingerprint density at radius 3 is 2.69 bits per heavy atom. The molecule has 1 aliphatic heterocycles. The van der Waals surface area contributed by atoms with E-state index in [0.29, 0.717) is 65.7 Å². The van der Waals surface area contributed by atoms with Crippen LogP contribution in [-0.4, -0.2) is 78.0 Å². The normalized spacial score (nSPS) is 16.5. The molecule has 10 heteroatoms. The van der Waals surface area contributed by atoms with E-state index in [-0.39, 0.29) is 11.8 Å². The van der Waals surface area contributed by atoms with E-state index in [1.165, 1.54) is 6.33 Å². The second-order valence-electron chi connectivity index (χ2n) is 9.00. The first-order valence-electron chi connectivity index (χ1n) is 12.3. The van der Waals surface area contributed by atoms with Crippen LogP contribution in [0.2, 0.25) is 0 Å². The molecule has 10 nitrogen and oxygen atoms in total.